The molecule has 0 aliphatic rings. The lowest BCUT2D eigenvalue weighted by atomic mass is 10.0. The fourth-order valence-electron chi connectivity index (χ4n) is 3.21. The van der Waals surface area contributed by atoms with E-state index in [2.05, 4.69) is 15.6 Å². The highest BCUT2D eigenvalue weighted by atomic mass is 19.4. The highest BCUT2D eigenvalue weighted by Gasteiger charge is 2.33. The standard InChI is InChI=1S/C22H17F3N4O2/c23-22(24,25)17-10-5-4-9-16(17)13-29-14-18(27-28-29)21(30)26-20(19-11-6-12-31-19)15-7-2-1-3-8-15/h1-12,14,20H,13H2,(H,26,30). The Kier molecular flexibility index (Phi) is 5.57. The summed E-state index contributed by atoms with van der Waals surface area (Å²) in [4.78, 5) is 12.8. The molecule has 31 heavy (non-hydrogen) atoms. The van der Waals surface area contributed by atoms with Crippen molar-refractivity contribution in [2.75, 3.05) is 0 Å². The van der Waals surface area contributed by atoms with Crippen molar-refractivity contribution in [3.05, 3.63) is 107 Å². The summed E-state index contributed by atoms with van der Waals surface area (Å²) in [6.45, 7) is -0.170. The molecular formula is C22H17F3N4O2. The highest BCUT2D eigenvalue weighted by Crippen LogP contribution is 2.32. The molecule has 0 fully saturated rings. The molecule has 0 bridgehead atoms. The summed E-state index contributed by atoms with van der Waals surface area (Å²) >= 11 is 0. The summed E-state index contributed by atoms with van der Waals surface area (Å²) in [5.41, 5.74) is 0.0670. The van der Waals surface area contributed by atoms with E-state index in [1.54, 1.807) is 12.1 Å². The third-order valence-electron chi connectivity index (χ3n) is 4.66. The van der Waals surface area contributed by atoms with Crippen molar-refractivity contribution in [2.45, 2.75) is 18.8 Å². The van der Waals surface area contributed by atoms with Gasteiger partial charge in [0.2, 0.25) is 0 Å². The second-order valence-corrected chi connectivity index (χ2v) is 6.79. The number of nitrogens with zero attached hydrogens (tertiary/aromatic N) is 3. The van der Waals surface area contributed by atoms with Crippen LogP contribution >= 0.6 is 0 Å². The molecule has 9 heteroatoms. The maximum Gasteiger partial charge on any atom is 0.416 e. The van der Waals surface area contributed by atoms with Gasteiger partial charge in [-0.2, -0.15) is 13.2 Å². The van der Waals surface area contributed by atoms with Crippen LogP contribution in [0.5, 0.6) is 0 Å². The van der Waals surface area contributed by atoms with E-state index in [9.17, 15) is 18.0 Å². The lowest BCUT2D eigenvalue weighted by Gasteiger charge is -2.16. The number of carbonyl (C=O) groups is 1. The summed E-state index contributed by atoms with van der Waals surface area (Å²) < 4.78 is 46.3. The first-order valence-electron chi connectivity index (χ1n) is 9.36. The first-order chi connectivity index (χ1) is 14.9. The van der Waals surface area contributed by atoms with Gasteiger partial charge in [-0.3, -0.25) is 4.79 Å². The average Bonchev–Trinajstić information content (AvgIpc) is 3.45. The molecule has 2 aromatic heterocycles. The Morgan fingerprint density at radius 2 is 1.77 bits per heavy atom. The van der Waals surface area contributed by atoms with E-state index in [4.69, 9.17) is 4.42 Å². The SMILES string of the molecule is O=C(NC(c1ccccc1)c1ccco1)c1cn(Cc2ccccc2C(F)(F)F)nn1. The zero-order valence-corrected chi connectivity index (χ0v) is 16.1. The molecule has 6 nitrogen and oxygen atoms in total. The quantitative estimate of drug-likeness (QED) is 0.494. The summed E-state index contributed by atoms with van der Waals surface area (Å²) in [6.07, 6.45) is -1.66. The van der Waals surface area contributed by atoms with Gasteiger partial charge in [0.05, 0.1) is 24.6 Å². The molecule has 158 valence electrons. The van der Waals surface area contributed by atoms with E-state index in [0.717, 1.165) is 11.6 Å². The van der Waals surface area contributed by atoms with Crippen LogP contribution in [0.1, 0.15) is 39.0 Å². The molecule has 4 aromatic rings. The fraction of sp³-hybridized carbons (Fsp3) is 0.136. The van der Waals surface area contributed by atoms with Crippen LogP contribution in [-0.2, 0) is 12.7 Å². The van der Waals surface area contributed by atoms with Gasteiger partial charge in [-0.25, -0.2) is 4.68 Å². The monoisotopic (exact) mass is 426 g/mol. The van der Waals surface area contributed by atoms with Gasteiger partial charge >= 0.3 is 6.18 Å². The zero-order valence-electron chi connectivity index (χ0n) is 16.1. The number of nitrogens with one attached hydrogen (secondary N) is 1. The van der Waals surface area contributed by atoms with Crippen LogP contribution in [-0.4, -0.2) is 20.9 Å². The van der Waals surface area contributed by atoms with Crippen LogP contribution in [0.15, 0.2) is 83.6 Å². The first-order valence-corrected chi connectivity index (χ1v) is 9.36. The molecule has 0 saturated heterocycles. The van der Waals surface area contributed by atoms with E-state index in [1.807, 2.05) is 30.3 Å². The first kappa shape index (κ1) is 20.4. The number of rotatable bonds is 6. The van der Waals surface area contributed by atoms with Crippen LogP contribution in [0.4, 0.5) is 13.2 Å². The topological polar surface area (TPSA) is 73.0 Å². The third-order valence-corrected chi connectivity index (χ3v) is 4.66. The second kappa shape index (κ2) is 8.47. The lowest BCUT2D eigenvalue weighted by Crippen LogP contribution is -2.29. The Morgan fingerprint density at radius 1 is 1.03 bits per heavy atom. The number of halogens is 3. The minimum atomic E-state index is -4.48. The third kappa shape index (κ3) is 4.66. The molecule has 2 aromatic carbocycles. The van der Waals surface area contributed by atoms with E-state index in [-0.39, 0.29) is 17.8 Å². The van der Waals surface area contributed by atoms with Gasteiger partial charge in [-0.1, -0.05) is 53.7 Å². The van der Waals surface area contributed by atoms with E-state index < -0.39 is 23.7 Å². The normalized spacial score (nSPS) is 12.5. The Hall–Kier alpha value is -3.88. The summed E-state index contributed by atoms with van der Waals surface area (Å²) in [5.74, 6) is 0.00616. The number of hydrogen-bond acceptors (Lipinski definition) is 4. The average molecular weight is 426 g/mol. The van der Waals surface area contributed by atoms with Crippen LogP contribution in [0, 0.1) is 0 Å². The fourth-order valence-corrected chi connectivity index (χ4v) is 3.21. The molecule has 0 saturated carbocycles. The van der Waals surface area contributed by atoms with Crippen molar-refractivity contribution in [1.29, 1.82) is 0 Å². The van der Waals surface area contributed by atoms with Gasteiger partial charge in [0, 0.05) is 0 Å². The van der Waals surface area contributed by atoms with Crippen LogP contribution < -0.4 is 5.32 Å². The molecule has 1 amide bonds. The number of amides is 1. The lowest BCUT2D eigenvalue weighted by molar-refractivity contribution is -0.138. The molecular weight excluding hydrogens is 409 g/mol. The summed E-state index contributed by atoms with van der Waals surface area (Å²) in [5, 5.41) is 10.5. The molecule has 0 radical (unpaired) electrons. The molecule has 1 unspecified atom stereocenters. The number of aromatic nitrogens is 3. The molecule has 0 aliphatic carbocycles. The maximum atomic E-state index is 13.2. The Labute approximate surface area is 175 Å². The molecule has 0 aliphatic heterocycles. The largest absolute Gasteiger partial charge is 0.467 e. The van der Waals surface area contributed by atoms with Crippen molar-refractivity contribution in [3.8, 4) is 0 Å². The number of furan rings is 1. The van der Waals surface area contributed by atoms with Crippen molar-refractivity contribution in [2.24, 2.45) is 0 Å². The molecule has 4 rings (SSSR count). The predicted octanol–water partition coefficient (Wildman–Crippen LogP) is 4.46. The Balaban J connectivity index is 1.53. The van der Waals surface area contributed by atoms with Crippen molar-refractivity contribution in [3.63, 3.8) is 0 Å². The van der Waals surface area contributed by atoms with Gasteiger partial charge in [-0.05, 0) is 29.3 Å². The van der Waals surface area contributed by atoms with Crippen molar-refractivity contribution in [1.82, 2.24) is 20.3 Å². The number of hydrogen-bond donors (Lipinski definition) is 1. The minimum Gasteiger partial charge on any atom is -0.467 e. The molecule has 0 spiro atoms. The van der Waals surface area contributed by atoms with Gasteiger partial charge in [-0.15, -0.1) is 5.10 Å². The van der Waals surface area contributed by atoms with Gasteiger partial charge < -0.3 is 9.73 Å². The number of alkyl halides is 3. The Morgan fingerprint density at radius 3 is 2.48 bits per heavy atom. The van der Waals surface area contributed by atoms with Gasteiger partial charge in [0.25, 0.3) is 5.91 Å². The smallest absolute Gasteiger partial charge is 0.416 e. The summed E-state index contributed by atoms with van der Waals surface area (Å²) in [7, 11) is 0. The summed E-state index contributed by atoms with van der Waals surface area (Å²) in [6, 6.07) is 17.3. The highest BCUT2D eigenvalue weighted by molar-refractivity contribution is 5.92. The number of carbonyl (C=O) groups excluding carboxylic acids is 1. The maximum absolute atomic E-state index is 13.2. The number of benzene rings is 2. The minimum absolute atomic E-state index is 0.0167. The van der Waals surface area contributed by atoms with Crippen LogP contribution in [0.3, 0.4) is 0 Å². The Bertz CT molecular complexity index is 1150. The molecule has 1 atom stereocenters. The molecule has 2 heterocycles. The zero-order chi connectivity index (χ0) is 21.8. The second-order valence-electron chi connectivity index (χ2n) is 6.79. The van der Waals surface area contributed by atoms with Gasteiger partial charge in [0.15, 0.2) is 5.69 Å². The van der Waals surface area contributed by atoms with Crippen molar-refractivity contribution >= 4 is 5.91 Å². The van der Waals surface area contributed by atoms with E-state index in [1.165, 1.54) is 35.3 Å². The van der Waals surface area contributed by atoms with Gasteiger partial charge in [0.1, 0.15) is 11.8 Å². The van der Waals surface area contributed by atoms with E-state index >= 15 is 0 Å². The van der Waals surface area contributed by atoms with Crippen molar-refractivity contribution < 1.29 is 22.4 Å². The van der Waals surface area contributed by atoms with E-state index in [0.29, 0.717) is 5.76 Å². The predicted molar refractivity (Wildman–Crippen MR) is 105 cm³/mol. The van der Waals surface area contributed by atoms with Crippen LogP contribution in [0.2, 0.25) is 0 Å². The molecule has 1 N–H and O–H groups in total. The van der Waals surface area contributed by atoms with Crippen LogP contribution in [0.25, 0.3) is 0 Å².